The smallest absolute Gasteiger partial charge is 0.231 e. The van der Waals surface area contributed by atoms with Crippen LogP contribution in [-0.4, -0.2) is 13.3 Å². The molecule has 1 aliphatic rings. The monoisotopic (exact) mass is 218 g/mol. The highest BCUT2D eigenvalue weighted by atomic mass is 16.7. The number of nitrogens with one attached hydrogen (secondary N) is 1. The molecule has 0 fully saturated rings. The zero-order valence-corrected chi connectivity index (χ0v) is 9.25. The van der Waals surface area contributed by atoms with Crippen molar-refractivity contribution in [2.75, 3.05) is 18.7 Å². The van der Waals surface area contributed by atoms with Gasteiger partial charge < -0.3 is 14.8 Å². The molecule has 1 aromatic rings. The van der Waals surface area contributed by atoms with Crippen LogP contribution >= 0.6 is 0 Å². The van der Waals surface area contributed by atoms with E-state index in [1.54, 1.807) is 0 Å². The highest BCUT2D eigenvalue weighted by molar-refractivity contribution is 5.60. The molecule has 0 saturated carbocycles. The van der Waals surface area contributed by atoms with Crippen molar-refractivity contribution < 1.29 is 9.47 Å². The van der Waals surface area contributed by atoms with Crippen molar-refractivity contribution in [3.8, 4) is 17.6 Å². The third kappa shape index (κ3) is 2.19. The van der Waals surface area contributed by atoms with E-state index in [2.05, 4.69) is 11.4 Å². The summed E-state index contributed by atoms with van der Waals surface area (Å²) in [5.74, 6) is 1.59. The highest BCUT2D eigenvalue weighted by Gasteiger charge is 2.15. The molecule has 0 unspecified atom stereocenters. The van der Waals surface area contributed by atoms with Crippen LogP contribution in [0.25, 0.3) is 0 Å². The van der Waals surface area contributed by atoms with Gasteiger partial charge in [0.05, 0.1) is 6.07 Å². The van der Waals surface area contributed by atoms with Crippen molar-refractivity contribution in [1.29, 1.82) is 5.26 Å². The van der Waals surface area contributed by atoms with Crippen LogP contribution in [0.3, 0.4) is 0 Å². The molecule has 1 aromatic carbocycles. The number of nitrogens with zero attached hydrogens (tertiary/aromatic N) is 1. The van der Waals surface area contributed by atoms with Gasteiger partial charge in [-0.15, -0.1) is 0 Å². The fourth-order valence-electron chi connectivity index (χ4n) is 1.62. The lowest BCUT2D eigenvalue weighted by atomic mass is 10.1. The summed E-state index contributed by atoms with van der Waals surface area (Å²) in [5.41, 5.74) is 2.17. The Hall–Kier alpha value is -1.89. The Bertz CT molecular complexity index is 424. The van der Waals surface area contributed by atoms with Crippen LogP contribution in [-0.2, 0) is 0 Å². The molecule has 0 aromatic heterocycles. The average Bonchev–Trinajstić information content (AvgIpc) is 2.71. The van der Waals surface area contributed by atoms with Crippen molar-refractivity contribution in [2.45, 2.75) is 19.8 Å². The molecule has 2 rings (SSSR count). The number of hydrogen-bond acceptors (Lipinski definition) is 4. The summed E-state index contributed by atoms with van der Waals surface area (Å²) in [7, 11) is 0. The summed E-state index contributed by atoms with van der Waals surface area (Å²) < 4.78 is 10.6. The van der Waals surface area contributed by atoms with Crippen LogP contribution in [0.5, 0.6) is 11.5 Å². The highest BCUT2D eigenvalue weighted by Crippen LogP contribution is 2.36. The Morgan fingerprint density at radius 1 is 1.38 bits per heavy atom. The van der Waals surface area contributed by atoms with E-state index in [4.69, 9.17) is 14.7 Å². The van der Waals surface area contributed by atoms with Crippen molar-refractivity contribution in [3.05, 3.63) is 17.7 Å². The molecule has 0 spiro atoms. The standard InChI is InChI=1S/C12H14N2O2/c1-9-6-11-12(16-8-15-11)7-10(9)14-5-3-2-4-13/h6-7,14H,2-3,5,8H2,1H3. The van der Waals surface area contributed by atoms with E-state index in [9.17, 15) is 0 Å². The van der Waals surface area contributed by atoms with Crippen LogP contribution in [0, 0.1) is 18.3 Å². The lowest BCUT2D eigenvalue weighted by molar-refractivity contribution is 0.174. The van der Waals surface area contributed by atoms with Crippen molar-refractivity contribution >= 4 is 5.69 Å². The quantitative estimate of drug-likeness (QED) is 0.788. The second-order valence-electron chi connectivity index (χ2n) is 3.71. The number of benzene rings is 1. The van der Waals surface area contributed by atoms with Gasteiger partial charge in [-0.2, -0.15) is 5.26 Å². The summed E-state index contributed by atoms with van der Waals surface area (Å²) >= 11 is 0. The van der Waals surface area contributed by atoms with Crippen LogP contribution < -0.4 is 14.8 Å². The van der Waals surface area contributed by atoms with E-state index in [0.29, 0.717) is 13.2 Å². The molecule has 0 aliphatic carbocycles. The van der Waals surface area contributed by atoms with Gasteiger partial charge in [-0.25, -0.2) is 0 Å². The summed E-state index contributed by atoms with van der Waals surface area (Å²) in [6.45, 7) is 3.12. The van der Waals surface area contributed by atoms with Gasteiger partial charge in [-0.05, 0) is 25.0 Å². The van der Waals surface area contributed by atoms with E-state index in [-0.39, 0.29) is 0 Å². The maximum atomic E-state index is 8.43. The Morgan fingerprint density at radius 3 is 2.88 bits per heavy atom. The summed E-state index contributed by atoms with van der Waals surface area (Å²) in [5, 5.41) is 11.7. The third-order valence-electron chi connectivity index (χ3n) is 2.50. The molecule has 0 amide bonds. The molecule has 1 heterocycles. The number of aryl methyl sites for hydroxylation is 1. The van der Waals surface area contributed by atoms with Crippen LogP contribution in [0.4, 0.5) is 5.69 Å². The topological polar surface area (TPSA) is 54.3 Å². The zero-order valence-electron chi connectivity index (χ0n) is 9.25. The van der Waals surface area contributed by atoms with Crippen LogP contribution in [0.15, 0.2) is 12.1 Å². The molecule has 0 bridgehead atoms. The largest absolute Gasteiger partial charge is 0.454 e. The van der Waals surface area contributed by atoms with E-state index in [1.165, 1.54) is 0 Å². The van der Waals surface area contributed by atoms with Crippen LogP contribution in [0.2, 0.25) is 0 Å². The fraction of sp³-hybridized carbons (Fsp3) is 0.417. The lowest BCUT2D eigenvalue weighted by Crippen LogP contribution is -2.02. The molecule has 0 saturated heterocycles. The number of nitriles is 1. The molecule has 4 nitrogen and oxygen atoms in total. The van der Waals surface area contributed by atoms with E-state index in [0.717, 1.165) is 35.7 Å². The normalized spacial score (nSPS) is 12.2. The van der Waals surface area contributed by atoms with Gasteiger partial charge in [-0.1, -0.05) is 0 Å². The SMILES string of the molecule is Cc1cc2c(cc1NCCCC#N)OCO2. The summed E-state index contributed by atoms with van der Waals surface area (Å²) in [4.78, 5) is 0. The molecule has 1 N–H and O–H groups in total. The molecule has 0 radical (unpaired) electrons. The Balaban J connectivity index is 2.02. The minimum absolute atomic E-state index is 0.298. The van der Waals surface area contributed by atoms with E-state index >= 15 is 0 Å². The van der Waals surface area contributed by atoms with Crippen molar-refractivity contribution in [1.82, 2.24) is 0 Å². The second-order valence-corrected chi connectivity index (χ2v) is 3.71. The molecule has 16 heavy (non-hydrogen) atoms. The number of fused-ring (bicyclic) bond motifs is 1. The molecule has 1 aliphatic heterocycles. The fourth-order valence-corrected chi connectivity index (χ4v) is 1.62. The number of anilines is 1. The first kappa shape index (κ1) is 10.6. The number of rotatable bonds is 4. The molecule has 0 atom stereocenters. The number of ether oxygens (including phenoxy) is 2. The molecular formula is C12H14N2O2. The number of hydrogen-bond donors (Lipinski definition) is 1. The maximum absolute atomic E-state index is 8.43. The minimum atomic E-state index is 0.298. The van der Waals surface area contributed by atoms with Crippen LogP contribution in [0.1, 0.15) is 18.4 Å². The van der Waals surface area contributed by atoms with Gasteiger partial charge in [0.25, 0.3) is 0 Å². The third-order valence-corrected chi connectivity index (χ3v) is 2.50. The predicted octanol–water partition coefficient (Wildman–Crippen LogP) is 2.44. The Kier molecular flexibility index (Phi) is 3.16. The minimum Gasteiger partial charge on any atom is -0.454 e. The predicted molar refractivity (Wildman–Crippen MR) is 60.6 cm³/mol. The summed E-state index contributed by atoms with van der Waals surface area (Å²) in [6, 6.07) is 6.04. The second kappa shape index (κ2) is 4.75. The van der Waals surface area contributed by atoms with Crippen molar-refractivity contribution in [2.24, 2.45) is 0 Å². The molecule has 4 heteroatoms. The first-order chi connectivity index (χ1) is 7.81. The van der Waals surface area contributed by atoms with Gasteiger partial charge in [0.2, 0.25) is 6.79 Å². The zero-order chi connectivity index (χ0) is 11.4. The van der Waals surface area contributed by atoms with Gasteiger partial charge in [-0.3, -0.25) is 0 Å². The molecular weight excluding hydrogens is 204 g/mol. The van der Waals surface area contributed by atoms with Gasteiger partial charge in [0, 0.05) is 24.7 Å². The Morgan fingerprint density at radius 2 is 2.12 bits per heavy atom. The lowest BCUT2D eigenvalue weighted by Gasteiger charge is -2.09. The first-order valence-corrected chi connectivity index (χ1v) is 5.32. The van der Waals surface area contributed by atoms with Gasteiger partial charge >= 0.3 is 0 Å². The van der Waals surface area contributed by atoms with Gasteiger partial charge in [0.1, 0.15) is 0 Å². The molecule has 84 valence electrons. The average molecular weight is 218 g/mol. The van der Waals surface area contributed by atoms with Crippen molar-refractivity contribution in [3.63, 3.8) is 0 Å². The number of unbranched alkanes of at least 4 members (excludes halogenated alkanes) is 1. The Labute approximate surface area is 94.8 Å². The first-order valence-electron chi connectivity index (χ1n) is 5.32. The van der Waals surface area contributed by atoms with E-state index < -0.39 is 0 Å². The van der Waals surface area contributed by atoms with E-state index in [1.807, 2.05) is 19.1 Å². The maximum Gasteiger partial charge on any atom is 0.231 e. The summed E-state index contributed by atoms with van der Waals surface area (Å²) in [6.07, 6.45) is 1.43. The van der Waals surface area contributed by atoms with Gasteiger partial charge in [0.15, 0.2) is 11.5 Å².